The minimum atomic E-state index is -0.551. The van der Waals surface area contributed by atoms with Gasteiger partial charge in [-0.1, -0.05) is 57.0 Å². The third-order valence-electron chi connectivity index (χ3n) is 7.02. The predicted octanol–water partition coefficient (Wildman–Crippen LogP) is 3.38. The highest BCUT2D eigenvalue weighted by atomic mass is 16.3. The minimum Gasteiger partial charge on any atom is -0.391 e. The molecule has 1 amide bonds. The molecule has 1 fully saturated rings. The second kappa shape index (κ2) is 9.97. The molecule has 1 saturated carbocycles. The van der Waals surface area contributed by atoms with Gasteiger partial charge in [0.05, 0.1) is 29.6 Å². The van der Waals surface area contributed by atoms with Crippen molar-refractivity contribution in [1.82, 2.24) is 14.5 Å². The van der Waals surface area contributed by atoms with Gasteiger partial charge in [-0.25, -0.2) is 0 Å². The summed E-state index contributed by atoms with van der Waals surface area (Å²) in [5.74, 6) is -0.402. The van der Waals surface area contributed by atoms with Crippen LogP contribution in [0.4, 0.5) is 0 Å². The van der Waals surface area contributed by atoms with Crippen LogP contribution < -0.4 is 10.9 Å². The number of aliphatic hydroxyl groups is 1. The summed E-state index contributed by atoms with van der Waals surface area (Å²) >= 11 is 0. The van der Waals surface area contributed by atoms with E-state index in [9.17, 15) is 19.5 Å². The van der Waals surface area contributed by atoms with Crippen molar-refractivity contribution in [1.29, 1.82) is 0 Å². The molecule has 0 spiro atoms. The number of aryl methyl sites for hydroxylation is 3. The van der Waals surface area contributed by atoms with E-state index in [1.807, 2.05) is 26.0 Å². The van der Waals surface area contributed by atoms with E-state index in [4.69, 9.17) is 0 Å². The van der Waals surface area contributed by atoms with Gasteiger partial charge in [-0.3, -0.25) is 14.4 Å². The zero-order valence-corrected chi connectivity index (χ0v) is 20.1. The van der Waals surface area contributed by atoms with Crippen LogP contribution in [0.1, 0.15) is 71.6 Å². The molecule has 0 aliphatic heterocycles. The number of nitrogens with zero attached hydrogens (tertiary/aromatic N) is 2. The van der Waals surface area contributed by atoms with E-state index in [1.165, 1.54) is 0 Å². The average Bonchev–Trinajstić information content (AvgIpc) is 3.14. The van der Waals surface area contributed by atoms with Crippen molar-refractivity contribution in [3.63, 3.8) is 0 Å². The molecular formula is C27H33N3O4. The molecule has 2 aromatic heterocycles. The van der Waals surface area contributed by atoms with Gasteiger partial charge in [-0.05, 0) is 37.3 Å². The van der Waals surface area contributed by atoms with Crippen LogP contribution >= 0.6 is 0 Å². The summed E-state index contributed by atoms with van der Waals surface area (Å²) in [7, 11) is 1.80. The third kappa shape index (κ3) is 4.32. The van der Waals surface area contributed by atoms with E-state index in [1.54, 1.807) is 40.4 Å². The number of aromatic nitrogens is 2. The molecular weight excluding hydrogens is 430 g/mol. The van der Waals surface area contributed by atoms with E-state index >= 15 is 0 Å². The summed E-state index contributed by atoms with van der Waals surface area (Å²) in [6.07, 6.45) is 3.88. The lowest BCUT2D eigenvalue weighted by Gasteiger charge is -2.28. The van der Waals surface area contributed by atoms with Gasteiger partial charge in [-0.15, -0.1) is 0 Å². The molecule has 0 radical (unpaired) electrons. The molecule has 1 aromatic carbocycles. The lowest BCUT2D eigenvalue weighted by Crippen LogP contribution is -2.45. The predicted molar refractivity (Wildman–Crippen MR) is 132 cm³/mol. The lowest BCUT2D eigenvalue weighted by atomic mass is 9.92. The quantitative estimate of drug-likeness (QED) is 0.526. The Labute approximate surface area is 199 Å². The number of aliphatic hydroxyl groups excluding tert-OH is 1. The van der Waals surface area contributed by atoms with Crippen molar-refractivity contribution in [2.45, 2.75) is 71.1 Å². The smallest absolute Gasteiger partial charge is 0.268 e. The monoisotopic (exact) mass is 463 g/mol. The Morgan fingerprint density at radius 3 is 2.44 bits per heavy atom. The Morgan fingerprint density at radius 1 is 1.09 bits per heavy atom. The molecule has 0 saturated heterocycles. The highest BCUT2D eigenvalue weighted by molar-refractivity contribution is 6.02. The first-order valence-corrected chi connectivity index (χ1v) is 12.2. The number of benzene rings is 1. The number of pyridine rings is 1. The van der Waals surface area contributed by atoms with Crippen LogP contribution in [0.15, 0.2) is 41.2 Å². The second-order valence-electron chi connectivity index (χ2n) is 9.10. The topological polar surface area (TPSA) is 93.3 Å². The number of carbonyl (C=O) groups excluding carboxylic acids is 2. The number of nitrogens with one attached hydrogen (secondary N) is 1. The number of hydrogen-bond donors (Lipinski definition) is 2. The zero-order chi connectivity index (χ0) is 24.4. The van der Waals surface area contributed by atoms with Crippen LogP contribution in [0.25, 0.3) is 10.9 Å². The number of fused-ring (bicyclic) bond motifs is 1. The van der Waals surface area contributed by atoms with Crippen molar-refractivity contribution in [2.24, 2.45) is 7.05 Å². The number of carbonyl (C=O) groups is 2. The van der Waals surface area contributed by atoms with Gasteiger partial charge in [0.25, 0.3) is 11.5 Å². The Hall–Kier alpha value is -3.19. The van der Waals surface area contributed by atoms with Crippen LogP contribution in [0.5, 0.6) is 0 Å². The van der Waals surface area contributed by atoms with Crippen LogP contribution in [-0.2, 0) is 26.4 Å². The molecule has 2 N–H and O–H groups in total. The zero-order valence-electron chi connectivity index (χ0n) is 20.1. The summed E-state index contributed by atoms with van der Waals surface area (Å²) in [4.78, 5) is 40.0. The molecule has 34 heavy (non-hydrogen) atoms. The Bertz CT molecular complexity index is 1270. The van der Waals surface area contributed by atoms with E-state index in [-0.39, 0.29) is 29.8 Å². The minimum absolute atomic E-state index is 0.0458. The molecule has 7 nitrogen and oxygen atoms in total. The van der Waals surface area contributed by atoms with Gasteiger partial charge in [0, 0.05) is 18.3 Å². The van der Waals surface area contributed by atoms with Crippen molar-refractivity contribution >= 4 is 22.6 Å². The van der Waals surface area contributed by atoms with Gasteiger partial charge < -0.3 is 19.6 Å². The van der Waals surface area contributed by atoms with Crippen LogP contribution in [0.3, 0.4) is 0 Å². The lowest BCUT2D eigenvalue weighted by molar-refractivity contribution is 0.0711. The summed E-state index contributed by atoms with van der Waals surface area (Å²) in [6.45, 7) is 3.83. The SMILES string of the molecule is CCc1c(C(=O)N[C@H]2CCCC[C@H]2O)n(C)c2cc(CC)n(CC(=O)c3ccccc3)c(=O)c12. The fraction of sp³-hybridized carbons (Fsp3) is 0.444. The van der Waals surface area contributed by atoms with Crippen molar-refractivity contribution in [3.8, 4) is 0 Å². The van der Waals surface area contributed by atoms with Crippen molar-refractivity contribution in [2.75, 3.05) is 0 Å². The van der Waals surface area contributed by atoms with Crippen molar-refractivity contribution < 1.29 is 14.7 Å². The standard InChI is InChI=1S/C27H33N3O4/c1-4-18-15-21-24(27(34)30(18)16-23(32)17-11-7-6-8-12-17)19(5-2)25(29(21)3)26(33)28-20-13-9-10-14-22(20)31/h6-8,11-12,15,20,22,31H,4-5,9-10,13-14,16H2,1-3H3,(H,28,33)/t20-,22+/m0/s1. The molecule has 180 valence electrons. The average molecular weight is 464 g/mol. The van der Waals surface area contributed by atoms with E-state index in [0.717, 1.165) is 25.0 Å². The highest BCUT2D eigenvalue weighted by Gasteiger charge is 2.29. The van der Waals surface area contributed by atoms with E-state index < -0.39 is 6.10 Å². The summed E-state index contributed by atoms with van der Waals surface area (Å²) in [6, 6.07) is 10.6. The molecule has 0 unspecified atom stereocenters. The molecule has 2 atom stereocenters. The first kappa shape index (κ1) is 24.0. The molecule has 7 heteroatoms. The van der Waals surface area contributed by atoms with Gasteiger partial charge in [0.2, 0.25) is 0 Å². The maximum Gasteiger partial charge on any atom is 0.268 e. The van der Waals surface area contributed by atoms with Crippen LogP contribution in [-0.4, -0.2) is 38.1 Å². The maximum absolute atomic E-state index is 13.7. The first-order chi connectivity index (χ1) is 16.4. The van der Waals surface area contributed by atoms with E-state index in [2.05, 4.69) is 5.32 Å². The van der Waals surface area contributed by atoms with Gasteiger partial charge in [0.1, 0.15) is 5.69 Å². The number of hydrogen-bond acceptors (Lipinski definition) is 4. The Morgan fingerprint density at radius 2 is 1.79 bits per heavy atom. The molecule has 1 aliphatic carbocycles. The van der Waals surface area contributed by atoms with Crippen molar-refractivity contribution in [3.05, 3.63) is 69.3 Å². The van der Waals surface area contributed by atoms with E-state index in [0.29, 0.717) is 47.0 Å². The van der Waals surface area contributed by atoms with Gasteiger partial charge in [0.15, 0.2) is 5.78 Å². The number of ketones is 1. The first-order valence-electron chi connectivity index (χ1n) is 12.2. The van der Waals surface area contributed by atoms with Crippen LogP contribution in [0, 0.1) is 0 Å². The molecule has 1 aliphatic rings. The Balaban J connectivity index is 1.79. The molecule has 4 rings (SSSR count). The normalized spacial score (nSPS) is 18.2. The second-order valence-corrected chi connectivity index (χ2v) is 9.10. The molecule has 2 heterocycles. The number of Topliss-reactive ketones (excluding diaryl/α,β-unsaturated/α-hetero) is 1. The maximum atomic E-state index is 13.7. The number of amides is 1. The van der Waals surface area contributed by atoms with Gasteiger partial charge in [-0.2, -0.15) is 0 Å². The Kier molecular flexibility index (Phi) is 7.03. The highest BCUT2D eigenvalue weighted by Crippen LogP contribution is 2.26. The van der Waals surface area contributed by atoms with Crippen LogP contribution in [0.2, 0.25) is 0 Å². The fourth-order valence-electron chi connectivity index (χ4n) is 5.15. The number of rotatable bonds is 7. The summed E-state index contributed by atoms with van der Waals surface area (Å²) < 4.78 is 3.33. The third-order valence-corrected chi connectivity index (χ3v) is 7.02. The fourth-order valence-corrected chi connectivity index (χ4v) is 5.15. The summed E-state index contributed by atoms with van der Waals surface area (Å²) in [5, 5.41) is 13.8. The summed E-state index contributed by atoms with van der Waals surface area (Å²) in [5.41, 5.74) is 2.88. The largest absolute Gasteiger partial charge is 0.391 e. The molecule has 0 bridgehead atoms. The molecule has 3 aromatic rings. The van der Waals surface area contributed by atoms with Gasteiger partial charge >= 0.3 is 0 Å².